The number of hydrogen-bond donors (Lipinski definition) is 1. The lowest BCUT2D eigenvalue weighted by atomic mass is 9.92. The van der Waals surface area contributed by atoms with Gasteiger partial charge in [0.25, 0.3) is 0 Å². The second-order valence-electron chi connectivity index (χ2n) is 4.37. The molecule has 4 nitrogen and oxygen atoms in total. The summed E-state index contributed by atoms with van der Waals surface area (Å²) in [5, 5.41) is 18.3. The highest BCUT2D eigenvalue weighted by atomic mass is 19.1. The van der Waals surface area contributed by atoms with E-state index in [2.05, 4.69) is 10.3 Å². The molecule has 0 spiro atoms. The Kier molecular flexibility index (Phi) is 2.06. The number of aromatic nitrogens is 3. The number of fused-ring (bicyclic) bond motifs is 1. The predicted molar refractivity (Wildman–Crippen MR) is 58.7 cm³/mol. The van der Waals surface area contributed by atoms with Crippen LogP contribution in [0.15, 0.2) is 24.4 Å². The number of halogens is 1. The summed E-state index contributed by atoms with van der Waals surface area (Å²) in [7, 11) is 1.72. The molecule has 1 aliphatic rings. The van der Waals surface area contributed by atoms with Crippen LogP contribution in [0.4, 0.5) is 4.39 Å². The molecule has 2 aromatic rings. The third-order valence-corrected chi connectivity index (χ3v) is 3.44. The van der Waals surface area contributed by atoms with E-state index in [1.165, 1.54) is 16.9 Å². The lowest BCUT2D eigenvalue weighted by Crippen LogP contribution is -2.27. The zero-order valence-electron chi connectivity index (χ0n) is 9.39. The second-order valence-corrected chi connectivity index (χ2v) is 4.37. The zero-order valence-corrected chi connectivity index (χ0v) is 9.39. The highest BCUT2D eigenvalue weighted by Gasteiger charge is 2.41. The van der Waals surface area contributed by atoms with Crippen LogP contribution in [0.25, 0.3) is 0 Å². The van der Waals surface area contributed by atoms with Gasteiger partial charge in [-0.05, 0) is 30.0 Å². The molecule has 3 rings (SSSR count). The van der Waals surface area contributed by atoms with Gasteiger partial charge < -0.3 is 5.11 Å². The van der Waals surface area contributed by atoms with Crippen LogP contribution < -0.4 is 0 Å². The molecule has 0 bridgehead atoms. The average molecular weight is 233 g/mol. The minimum Gasteiger partial charge on any atom is -0.379 e. The SMILES string of the molecule is Cn1nncc1C1(O)CCc2c(F)cccc21. The van der Waals surface area contributed by atoms with Crippen LogP contribution in [-0.2, 0) is 19.1 Å². The molecule has 1 aromatic carbocycles. The molecule has 0 amide bonds. The Hall–Kier alpha value is -1.75. The van der Waals surface area contributed by atoms with Crippen molar-refractivity contribution in [3.05, 3.63) is 47.0 Å². The molecule has 1 aliphatic carbocycles. The highest BCUT2D eigenvalue weighted by molar-refractivity contribution is 5.43. The third kappa shape index (κ3) is 1.32. The smallest absolute Gasteiger partial charge is 0.133 e. The molecular formula is C12H12FN3O. The molecule has 0 saturated heterocycles. The fourth-order valence-corrected chi connectivity index (χ4v) is 2.57. The Balaban J connectivity index is 2.21. The van der Waals surface area contributed by atoms with Crippen LogP contribution in [0, 0.1) is 5.82 Å². The van der Waals surface area contributed by atoms with E-state index in [0.29, 0.717) is 29.7 Å². The summed E-state index contributed by atoms with van der Waals surface area (Å²) in [6.45, 7) is 0. The van der Waals surface area contributed by atoms with Gasteiger partial charge in [-0.15, -0.1) is 5.10 Å². The molecule has 0 fully saturated rings. The lowest BCUT2D eigenvalue weighted by Gasteiger charge is -2.23. The maximum absolute atomic E-state index is 13.6. The van der Waals surface area contributed by atoms with Gasteiger partial charge >= 0.3 is 0 Å². The first-order valence-corrected chi connectivity index (χ1v) is 5.48. The Morgan fingerprint density at radius 1 is 1.47 bits per heavy atom. The van der Waals surface area contributed by atoms with Crippen molar-refractivity contribution in [2.75, 3.05) is 0 Å². The van der Waals surface area contributed by atoms with Crippen LogP contribution in [0.5, 0.6) is 0 Å². The van der Waals surface area contributed by atoms with Crippen LogP contribution in [0.1, 0.15) is 23.2 Å². The Labute approximate surface area is 97.7 Å². The minimum atomic E-state index is -1.17. The van der Waals surface area contributed by atoms with E-state index in [9.17, 15) is 9.50 Å². The van der Waals surface area contributed by atoms with Gasteiger partial charge in [0.2, 0.25) is 0 Å². The van der Waals surface area contributed by atoms with Crippen molar-refractivity contribution in [2.45, 2.75) is 18.4 Å². The molecule has 0 saturated carbocycles. The summed E-state index contributed by atoms with van der Waals surface area (Å²) in [5.74, 6) is -0.256. The maximum Gasteiger partial charge on any atom is 0.133 e. The maximum atomic E-state index is 13.6. The van der Waals surface area contributed by atoms with Gasteiger partial charge in [-0.25, -0.2) is 9.07 Å². The summed E-state index contributed by atoms with van der Waals surface area (Å²) < 4.78 is 15.2. The average Bonchev–Trinajstić information content (AvgIpc) is 2.86. The fourth-order valence-electron chi connectivity index (χ4n) is 2.57. The number of aliphatic hydroxyl groups is 1. The van der Waals surface area contributed by atoms with E-state index in [1.807, 2.05) is 0 Å². The molecule has 17 heavy (non-hydrogen) atoms. The number of nitrogens with zero attached hydrogens (tertiary/aromatic N) is 3. The number of rotatable bonds is 1. The first-order chi connectivity index (χ1) is 8.13. The second kappa shape index (κ2) is 3.37. The molecule has 1 N–H and O–H groups in total. The molecule has 0 radical (unpaired) electrons. The van der Waals surface area contributed by atoms with Crippen molar-refractivity contribution >= 4 is 0 Å². The van der Waals surface area contributed by atoms with Gasteiger partial charge in [-0.1, -0.05) is 17.3 Å². The monoisotopic (exact) mass is 233 g/mol. The van der Waals surface area contributed by atoms with Crippen molar-refractivity contribution in [2.24, 2.45) is 7.05 Å². The molecular weight excluding hydrogens is 221 g/mol. The van der Waals surface area contributed by atoms with Gasteiger partial charge in [0.1, 0.15) is 11.4 Å². The van der Waals surface area contributed by atoms with E-state index >= 15 is 0 Å². The van der Waals surface area contributed by atoms with Gasteiger partial charge in [0.05, 0.1) is 11.9 Å². The van der Waals surface area contributed by atoms with Crippen LogP contribution in [0.3, 0.4) is 0 Å². The van der Waals surface area contributed by atoms with Crippen molar-refractivity contribution < 1.29 is 9.50 Å². The summed E-state index contributed by atoms with van der Waals surface area (Å²) in [4.78, 5) is 0. The quantitative estimate of drug-likeness (QED) is 0.803. The van der Waals surface area contributed by atoms with Gasteiger partial charge in [-0.2, -0.15) is 0 Å². The van der Waals surface area contributed by atoms with E-state index in [-0.39, 0.29) is 5.82 Å². The fraction of sp³-hybridized carbons (Fsp3) is 0.333. The van der Waals surface area contributed by atoms with Crippen molar-refractivity contribution in [3.8, 4) is 0 Å². The highest BCUT2D eigenvalue weighted by Crippen LogP contribution is 2.42. The first kappa shape index (κ1) is 10.4. The molecule has 1 atom stereocenters. The topological polar surface area (TPSA) is 50.9 Å². The first-order valence-electron chi connectivity index (χ1n) is 5.48. The predicted octanol–water partition coefficient (Wildman–Crippen LogP) is 1.14. The van der Waals surface area contributed by atoms with Crippen LogP contribution >= 0.6 is 0 Å². The molecule has 1 aromatic heterocycles. The van der Waals surface area contributed by atoms with Crippen LogP contribution in [0.2, 0.25) is 0 Å². The summed E-state index contributed by atoms with van der Waals surface area (Å²) in [6.07, 6.45) is 2.52. The summed E-state index contributed by atoms with van der Waals surface area (Å²) >= 11 is 0. The molecule has 88 valence electrons. The van der Waals surface area contributed by atoms with Crippen molar-refractivity contribution in [1.29, 1.82) is 0 Å². The van der Waals surface area contributed by atoms with E-state index in [4.69, 9.17) is 0 Å². The largest absolute Gasteiger partial charge is 0.379 e. The lowest BCUT2D eigenvalue weighted by molar-refractivity contribution is 0.0740. The molecule has 1 heterocycles. The van der Waals surface area contributed by atoms with Crippen LogP contribution in [-0.4, -0.2) is 20.1 Å². The summed E-state index contributed by atoms with van der Waals surface area (Å²) in [6, 6.07) is 4.80. The zero-order chi connectivity index (χ0) is 12.0. The van der Waals surface area contributed by atoms with Gasteiger partial charge in [-0.3, -0.25) is 0 Å². The number of hydrogen-bond acceptors (Lipinski definition) is 3. The number of aryl methyl sites for hydroxylation is 1. The molecule has 1 unspecified atom stereocenters. The third-order valence-electron chi connectivity index (χ3n) is 3.44. The minimum absolute atomic E-state index is 0.256. The van der Waals surface area contributed by atoms with E-state index in [1.54, 1.807) is 19.2 Å². The normalized spacial score (nSPS) is 22.8. The van der Waals surface area contributed by atoms with Gasteiger partial charge in [0.15, 0.2) is 0 Å². The Bertz CT molecular complexity index is 581. The Morgan fingerprint density at radius 3 is 3.00 bits per heavy atom. The van der Waals surface area contributed by atoms with E-state index < -0.39 is 5.60 Å². The Morgan fingerprint density at radius 2 is 2.29 bits per heavy atom. The molecule has 0 aliphatic heterocycles. The number of benzene rings is 1. The van der Waals surface area contributed by atoms with E-state index in [0.717, 1.165) is 0 Å². The summed E-state index contributed by atoms with van der Waals surface area (Å²) in [5.41, 5.74) is 0.649. The molecule has 5 heteroatoms. The van der Waals surface area contributed by atoms with Crippen molar-refractivity contribution in [3.63, 3.8) is 0 Å². The standard InChI is InChI=1S/C12H12FN3O/c1-16-11(7-14-15-16)12(17)6-5-8-9(12)3-2-4-10(8)13/h2-4,7,17H,5-6H2,1H3. The van der Waals surface area contributed by atoms with Gasteiger partial charge in [0, 0.05) is 7.05 Å². The van der Waals surface area contributed by atoms with Crippen molar-refractivity contribution in [1.82, 2.24) is 15.0 Å².